The van der Waals surface area contributed by atoms with Gasteiger partial charge in [-0.2, -0.15) is 0 Å². The lowest BCUT2D eigenvalue weighted by molar-refractivity contribution is -0.0398. The van der Waals surface area contributed by atoms with Crippen LogP contribution in [-0.4, -0.2) is 17.8 Å². The van der Waals surface area contributed by atoms with Crippen molar-refractivity contribution in [1.29, 1.82) is 0 Å². The Hall–Kier alpha value is -0.930. The van der Waals surface area contributed by atoms with Crippen molar-refractivity contribution in [3.05, 3.63) is 35.1 Å². The highest BCUT2D eigenvalue weighted by Crippen LogP contribution is 2.25. The molecule has 0 fully saturated rings. The second-order valence-corrected chi connectivity index (χ2v) is 4.25. The second-order valence-electron chi connectivity index (χ2n) is 4.25. The fraction of sp³-hybridized carbons (Fsp3) is 0.571. The Morgan fingerprint density at radius 3 is 2.65 bits per heavy atom. The number of ether oxygens (including phenoxy) is 1. The van der Waals surface area contributed by atoms with Gasteiger partial charge in [-0.05, 0) is 26.3 Å². The molecule has 1 aromatic rings. The van der Waals surface area contributed by atoms with Gasteiger partial charge in [0.05, 0.1) is 6.10 Å². The molecular weight excluding hydrogens is 219 g/mol. The zero-order valence-corrected chi connectivity index (χ0v) is 10.7. The van der Waals surface area contributed by atoms with Crippen LogP contribution in [0, 0.1) is 12.7 Å². The van der Waals surface area contributed by atoms with Gasteiger partial charge < -0.3 is 9.84 Å². The molecule has 0 aliphatic carbocycles. The number of aryl methyl sites for hydroxylation is 1. The highest BCUT2D eigenvalue weighted by molar-refractivity contribution is 5.26. The lowest BCUT2D eigenvalue weighted by Gasteiger charge is -2.23. The van der Waals surface area contributed by atoms with Crippen LogP contribution in [0.15, 0.2) is 18.2 Å². The number of benzene rings is 1. The van der Waals surface area contributed by atoms with E-state index in [4.69, 9.17) is 4.74 Å². The number of halogens is 1. The highest BCUT2D eigenvalue weighted by Gasteiger charge is 2.23. The second kappa shape index (κ2) is 6.72. The lowest BCUT2D eigenvalue weighted by atomic mass is 9.99. The molecule has 96 valence electrons. The fourth-order valence-corrected chi connectivity index (χ4v) is 1.92. The molecule has 0 amide bonds. The summed E-state index contributed by atoms with van der Waals surface area (Å²) in [5.41, 5.74) is 1.27. The van der Waals surface area contributed by atoms with Crippen LogP contribution >= 0.6 is 0 Å². The summed E-state index contributed by atoms with van der Waals surface area (Å²) < 4.78 is 19.1. The van der Waals surface area contributed by atoms with E-state index in [1.54, 1.807) is 12.1 Å². The molecular formula is C14H21FO2. The average molecular weight is 240 g/mol. The summed E-state index contributed by atoms with van der Waals surface area (Å²) in [6, 6.07) is 4.77. The molecule has 0 saturated heterocycles. The molecule has 0 spiro atoms. The van der Waals surface area contributed by atoms with Gasteiger partial charge in [0.1, 0.15) is 11.9 Å². The molecule has 3 heteroatoms. The van der Waals surface area contributed by atoms with Crippen molar-refractivity contribution in [2.45, 2.75) is 45.8 Å². The molecule has 2 unspecified atom stereocenters. The van der Waals surface area contributed by atoms with Crippen LogP contribution < -0.4 is 0 Å². The SMILES string of the molecule is CCCC(OCC)C(O)c1cc(C)ccc1F. The lowest BCUT2D eigenvalue weighted by Crippen LogP contribution is -2.23. The maximum Gasteiger partial charge on any atom is 0.129 e. The van der Waals surface area contributed by atoms with E-state index >= 15 is 0 Å². The Labute approximate surface area is 102 Å². The molecule has 1 N–H and O–H groups in total. The maximum atomic E-state index is 13.6. The van der Waals surface area contributed by atoms with Crippen molar-refractivity contribution < 1.29 is 14.2 Å². The molecule has 0 aliphatic rings. The van der Waals surface area contributed by atoms with E-state index in [0.29, 0.717) is 12.2 Å². The summed E-state index contributed by atoms with van der Waals surface area (Å²) in [4.78, 5) is 0. The largest absolute Gasteiger partial charge is 0.386 e. The Balaban J connectivity index is 2.91. The van der Waals surface area contributed by atoms with E-state index in [0.717, 1.165) is 18.4 Å². The Morgan fingerprint density at radius 1 is 1.35 bits per heavy atom. The van der Waals surface area contributed by atoms with Crippen LogP contribution in [0.1, 0.15) is 43.9 Å². The minimum absolute atomic E-state index is 0.330. The van der Waals surface area contributed by atoms with Crippen molar-refractivity contribution in [1.82, 2.24) is 0 Å². The maximum absolute atomic E-state index is 13.6. The van der Waals surface area contributed by atoms with E-state index in [1.165, 1.54) is 6.07 Å². The first-order valence-electron chi connectivity index (χ1n) is 6.15. The molecule has 17 heavy (non-hydrogen) atoms. The first kappa shape index (κ1) is 14.1. The van der Waals surface area contributed by atoms with E-state index in [-0.39, 0.29) is 11.9 Å². The van der Waals surface area contributed by atoms with Gasteiger partial charge in [-0.1, -0.05) is 31.0 Å². The minimum atomic E-state index is -0.894. The molecule has 0 radical (unpaired) electrons. The Kier molecular flexibility index (Phi) is 5.59. The van der Waals surface area contributed by atoms with Gasteiger partial charge in [0, 0.05) is 12.2 Å². The van der Waals surface area contributed by atoms with Gasteiger partial charge in [-0.15, -0.1) is 0 Å². The standard InChI is InChI=1S/C14H21FO2/c1-4-6-13(17-5-2)14(16)11-9-10(3)7-8-12(11)15/h7-9,13-14,16H,4-6H2,1-3H3. The molecule has 0 heterocycles. The van der Waals surface area contributed by atoms with Crippen molar-refractivity contribution >= 4 is 0 Å². The van der Waals surface area contributed by atoms with Gasteiger partial charge in [0.2, 0.25) is 0 Å². The summed E-state index contributed by atoms with van der Waals surface area (Å²) in [7, 11) is 0. The smallest absolute Gasteiger partial charge is 0.129 e. The van der Waals surface area contributed by atoms with Crippen LogP contribution in [0.2, 0.25) is 0 Å². The summed E-state index contributed by atoms with van der Waals surface area (Å²) in [6.07, 6.45) is 0.397. The van der Waals surface area contributed by atoms with Crippen LogP contribution in [0.3, 0.4) is 0 Å². The number of rotatable bonds is 6. The summed E-state index contributed by atoms with van der Waals surface area (Å²) in [5.74, 6) is -0.371. The number of aliphatic hydroxyl groups excluding tert-OH is 1. The van der Waals surface area contributed by atoms with Crippen LogP contribution in [-0.2, 0) is 4.74 Å². The fourth-order valence-electron chi connectivity index (χ4n) is 1.92. The van der Waals surface area contributed by atoms with Gasteiger partial charge in [-0.3, -0.25) is 0 Å². The quantitative estimate of drug-likeness (QED) is 0.826. The van der Waals surface area contributed by atoms with Crippen molar-refractivity contribution in [3.8, 4) is 0 Å². The number of hydrogen-bond donors (Lipinski definition) is 1. The van der Waals surface area contributed by atoms with Gasteiger partial charge in [0.25, 0.3) is 0 Å². The predicted octanol–water partition coefficient (Wildman–Crippen LogP) is 3.37. The Bertz CT molecular complexity index is 346. The van der Waals surface area contributed by atoms with Gasteiger partial charge >= 0.3 is 0 Å². The first-order valence-corrected chi connectivity index (χ1v) is 6.15. The third-order valence-electron chi connectivity index (χ3n) is 2.78. The first-order chi connectivity index (χ1) is 8.10. The zero-order chi connectivity index (χ0) is 12.8. The molecule has 2 nitrogen and oxygen atoms in total. The van der Waals surface area contributed by atoms with Crippen LogP contribution in [0.25, 0.3) is 0 Å². The van der Waals surface area contributed by atoms with E-state index in [2.05, 4.69) is 0 Å². The van der Waals surface area contributed by atoms with Gasteiger partial charge in [0.15, 0.2) is 0 Å². The molecule has 0 saturated carbocycles. The Morgan fingerprint density at radius 2 is 2.06 bits per heavy atom. The molecule has 0 aliphatic heterocycles. The van der Waals surface area contributed by atoms with Gasteiger partial charge in [-0.25, -0.2) is 4.39 Å². The van der Waals surface area contributed by atoms with E-state index < -0.39 is 6.10 Å². The third kappa shape index (κ3) is 3.79. The predicted molar refractivity (Wildman–Crippen MR) is 66.4 cm³/mol. The van der Waals surface area contributed by atoms with Crippen molar-refractivity contribution in [2.75, 3.05) is 6.61 Å². The molecule has 2 atom stereocenters. The number of hydrogen-bond acceptors (Lipinski definition) is 2. The third-order valence-corrected chi connectivity index (χ3v) is 2.78. The summed E-state index contributed by atoms with van der Waals surface area (Å²) >= 11 is 0. The van der Waals surface area contributed by atoms with Crippen LogP contribution in [0.5, 0.6) is 0 Å². The molecule has 1 rings (SSSR count). The monoisotopic (exact) mass is 240 g/mol. The normalized spacial score (nSPS) is 14.6. The van der Waals surface area contributed by atoms with Crippen molar-refractivity contribution in [2.24, 2.45) is 0 Å². The molecule has 1 aromatic carbocycles. The molecule has 0 aromatic heterocycles. The van der Waals surface area contributed by atoms with E-state index in [1.807, 2.05) is 20.8 Å². The van der Waals surface area contributed by atoms with Crippen LogP contribution in [0.4, 0.5) is 4.39 Å². The average Bonchev–Trinajstić information content (AvgIpc) is 2.31. The minimum Gasteiger partial charge on any atom is -0.386 e. The summed E-state index contributed by atoms with van der Waals surface area (Å²) in [5, 5.41) is 10.2. The zero-order valence-electron chi connectivity index (χ0n) is 10.7. The number of aliphatic hydroxyl groups is 1. The van der Waals surface area contributed by atoms with E-state index in [9.17, 15) is 9.50 Å². The molecule has 0 bridgehead atoms. The highest BCUT2D eigenvalue weighted by atomic mass is 19.1. The summed E-state index contributed by atoms with van der Waals surface area (Å²) in [6.45, 7) is 6.30. The topological polar surface area (TPSA) is 29.5 Å². The van der Waals surface area contributed by atoms with Crippen molar-refractivity contribution in [3.63, 3.8) is 0 Å².